The number of allylic oxidation sites excluding steroid dienone is 1. The second-order valence-corrected chi connectivity index (χ2v) is 5.70. The van der Waals surface area contributed by atoms with Gasteiger partial charge in [0.25, 0.3) is 0 Å². The monoisotopic (exact) mass is 387 g/mol. The first kappa shape index (κ1) is 17.6. The van der Waals surface area contributed by atoms with E-state index in [-0.39, 0.29) is 5.56 Å². The molecule has 0 aromatic heterocycles. The van der Waals surface area contributed by atoms with Crippen LogP contribution in [0.5, 0.6) is 11.5 Å². The molecule has 122 valence electrons. The first-order valence-electron chi connectivity index (χ1n) is 6.87. The molecule has 0 spiro atoms. The van der Waals surface area contributed by atoms with Gasteiger partial charge in [-0.25, -0.2) is 4.79 Å². The van der Waals surface area contributed by atoms with Crippen molar-refractivity contribution in [2.45, 2.75) is 0 Å². The molecule has 0 bridgehead atoms. The second-order valence-electron chi connectivity index (χ2n) is 4.78. The molecule has 24 heavy (non-hydrogen) atoms. The first-order valence-corrected chi connectivity index (χ1v) is 7.66. The van der Waals surface area contributed by atoms with E-state index in [1.54, 1.807) is 24.3 Å². The molecular weight excluding hydrogens is 374 g/mol. The second kappa shape index (κ2) is 7.66. The lowest BCUT2D eigenvalue weighted by Gasteiger charge is -2.12. The summed E-state index contributed by atoms with van der Waals surface area (Å²) in [5.74, 6) is 0.0367. The Labute approximate surface area is 147 Å². The lowest BCUT2D eigenvalue weighted by Crippen LogP contribution is -1.96. The summed E-state index contributed by atoms with van der Waals surface area (Å²) in [5.41, 5.74) is 1.83. The van der Waals surface area contributed by atoms with Crippen molar-refractivity contribution in [1.82, 2.24) is 0 Å². The van der Waals surface area contributed by atoms with Crippen LogP contribution in [0.25, 0.3) is 11.6 Å². The lowest BCUT2D eigenvalue weighted by molar-refractivity contribution is 0.0697. The Balaban J connectivity index is 2.53. The Hall–Kier alpha value is -2.78. The van der Waals surface area contributed by atoms with Crippen LogP contribution in [0.2, 0.25) is 0 Å². The van der Waals surface area contributed by atoms with Crippen LogP contribution in [0.3, 0.4) is 0 Å². The molecule has 0 atom stereocenters. The molecule has 0 saturated heterocycles. The highest BCUT2D eigenvalue weighted by atomic mass is 79.9. The van der Waals surface area contributed by atoms with E-state index >= 15 is 0 Å². The van der Waals surface area contributed by atoms with Crippen molar-refractivity contribution in [3.63, 3.8) is 0 Å². The molecule has 0 amide bonds. The van der Waals surface area contributed by atoms with Crippen molar-refractivity contribution in [2.24, 2.45) is 0 Å². The van der Waals surface area contributed by atoms with E-state index in [1.807, 2.05) is 6.07 Å². The summed E-state index contributed by atoms with van der Waals surface area (Å²) in [4.78, 5) is 10.9. The van der Waals surface area contributed by atoms with Gasteiger partial charge in [-0.2, -0.15) is 5.26 Å². The molecule has 2 aromatic carbocycles. The summed E-state index contributed by atoms with van der Waals surface area (Å²) in [6.07, 6.45) is 1.67. The summed E-state index contributed by atoms with van der Waals surface area (Å²) in [7, 11) is 3.06. The standard InChI is InChI=1S/C18H14BrNO4/c1-23-16-9-15(19)8-13(17(16)24-2)7-14(10-20)11-3-5-12(6-4-11)18(21)22/h3-9H,1-2H3,(H,21,22). The normalized spacial score (nSPS) is 10.8. The zero-order valence-corrected chi connectivity index (χ0v) is 14.6. The number of nitriles is 1. The molecule has 2 aromatic rings. The molecule has 0 aliphatic carbocycles. The highest BCUT2D eigenvalue weighted by molar-refractivity contribution is 9.10. The highest BCUT2D eigenvalue weighted by Gasteiger charge is 2.12. The average Bonchev–Trinajstić information content (AvgIpc) is 2.59. The van der Waals surface area contributed by atoms with Gasteiger partial charge >= 0.3 is 5.97 Å². The van der Waals surface area contributed by atoms with E-state index < -0.39 is 5.97 Å². The molecule has 0 saturated carbocycles. The molecule has 0 heterocycles. The number of carboxylic acids is 1. The smallest absolute Gasteiger partial charge is 0.335 e. The Morgan fingerprint density at radius 3 is 2.29 bits per heavy atom. The van der Waals surface area contributed by atoms with Crippen LogP contribution in [0.4, 0.5) is 0 Å². The minimum Gasteiger partial charge on any atom is -0.493 e. The number of hydrogen-bond donors (Lipinski definition) is 1. The van der Waals surface area contributed by atoms with E-state index in [9.17, 15) is 10.1 Å². The van der Waals surface area contributed by atoms with Crippen LogP contribution in [-0.4, -0.2) is 25.3 Å². The third kappa shape index (κ3) is 3.76. The minimum absolute atomic E-state index is 0.165. The van der Waals surface area contributed by atoms with E-state index in [1.165, 1.54) is 26.4 Å². The van der Waals surface area contributed by atoms with E-state index in [0.29, 0.717) is 28.2 Å². The summed E-state index contributed by atoms with van der Waals surface area (Å²) in [5, 5.41) is 18.4. The summed E-state index contributed by atoms with van der Waals surface area (Å²) < 4.78 is 11.4. The molecule has 1 N–H and O–H groups in total. The van der Waals surface area contributed by atoms with Gasteiger partial charge < -0.3 is 14.6 Å². The molecule has 6 heteroatoms. The van der Waals surface area contributed by atoms with E-state index in [2.05, 4.69) is 22.0 Å². The zero-order chi connectivity index (χ0) is 17.7. The van der Waals surface area contributed by atoms with Gasteiger partial charge in [0.2, 0.25) is 0 Å². The van der Waals surface area contributed by atoms with Gasteiger partial charge in [0, 0.05) is 10.0 Å². The Morgan fingerprint density at radius 1 is 1.17 bits per heavy atom. The molecular formula is C18H14BrNO4. The number of benzene rings is 2. The van der Waals surface area contributed by atoms with Crippen molar-refractivity contribution < 1.29 is 19.4 Å². The Bertz CT molecular complexity index is 835. The number of methoxy groups -OCH3 is 2. The number of halogens is 1. The molecule has 2 rings (SSSR count). The van der Waals surface area contributed by atoms with Crippen LogP contribution in [0.1, 0.15) is 21.5 Å². The SMILES string of the molecule is COc1cc(Br)cc(C=C(C#N)c2ccc(C(=O)O)cc2)c1OC. The van der Waals surface area contributed by atoms with Crippen LogP contribution in [0.15, 0.2) is 40.9 Å². The van der Waals surface area contributed by atoms with Gasteiger partial charge in [-0.05, 0) is 35.9 Å². The van der Waals surface area contributed by atoms with Gasteiger partial charge in [-0.3, -0.25) is 0 Å². The number of nitrogens with zero attached hydrogens (tertiary/aromatic N) is 1. The fraction of sp³-hybridized carbons (Fsp3) is 0.111. The van der Waals surface area contributed by atoms with E-state index in [0.717, 1.165) is 4.47 Å². The van der Waals surface area contributed by atoms with Gasteiger partial charge in [-0.15, -0.1) is 0 Å². The van der Waals surface area contributed by atoms with Gasteiger partial charge in [0.1, 0.15) is 0 Å². The summed E-state index contributed by atoms with van der Waals surface area (Å²) in [6.45, 7) is 0. The summed E-state index contributed by atoms with van der Waals surface area (Å²) in [6, 6.07) is 11.8. The number of ether oxygens (including phenoxy) is 2. The predicted molar refractivity (Wildman–Crippen MR) is 94.1 cm³/mol. The van der Waals surface area contributed by atoms with Crippen molar-refractivity contribution in [3.05, 3.63) is 57.6 Å². The molecule has 5 nitrogen and oxygen atoms in total. The van der Waals surface area contributed by atoms with Gasteiger partial charge in [0.15, 0.2) is 11.5 Å². The van der Waals surface area contributed by atoms with Crippen LogP contribution < -0.4 is 9.47 Å². The molecule has 0 unspecified atom stereocenters. The van der Waals surface area contributed by atoms with Gasteiger partial charge in [0.05, 0.1) is 31.4 Å². The fourth-order valence-corrected chi connectivity index (χ4v) is 2.65. The molecule has 0 aliphatic heterocycles. The fourth-order valence-electron chi connectivity index (χ4n) is 2.19. The minimum atomic E-state index is -1.01. The molecule has 0 radical (unpaired) electrons. The topological polar surface area (TPSA) is 79.5 Å². The maximum Gasteiger partial charge on any atom is 0.335 e. The first-order chi connectivity index (χ1) is 11.5. The third-order valence-electron chi connectivity index (χ3n) is 3.34. The van der Waals surface area contributed by atoms with Crippen molar-refractivity contribution in [1.29, 1.82) is 5.26 Å². The Morgan fingerprint density at radius 2 is 1.79 bits per heavy atom. The molecule has 0 aliphatic rings. The van der Waals surface area contributed by atoms with E-state index in [4.69, 9.17) is 14.6 Å². The van der Waals surface area contributed by atoms with Gasteiger partial charge in [-0.1, -0.05) is 28.1 Å². The predicted octanol–water partition coefficient (Wildman–Crippen LogP) is 4.23. The largest absolute Gasteiger partial charge is 0.493 e. The average molecular weight is 388 g/mol. The van der Waals surface area contributed by atoms with Crippen LogP contribution in [0, 0.1) is 11.3 Å². The number of carboxylic acid groups (broad SMARTS) is 1. The number of rotatable bonds is 5. The maximum atomic E-state index is 10.9. The number of aromatic carboxylic acids is 1. The summed E-state index contributed by atoms with van der Waals surface area (Å²) >= 11 is 3.40. The number of carbonyl (C=O) groups is 1. The quantitative estimate of drug-likeness (QED) is 0.613. The maximum absolute atomic E-state index is 10.9. The van der Waals surface area contributed by atoms with Crippen LogP contribution in [-0.2, 0) is 0 Å². The highest BCUT2D eigenvalue weighted by Crippen LogP contribution is 2.36. The van der Waals surface area contributed by atoms with Crippen molar-refractivity contribution in [2.75, 3.05) is 14.2 Å². The van der Waals surface area contributed by atoms with Crippen LogP contribution >= 0.6 is 15.9 Å². The lowest BCUT2D eigenvalue weighted by atomic mass is 10.0. The van der Waals surface area contributed by atoms with Crippen molar-refractivity contribution >= 4 is 33.5 Å². The third-order valence-corrected chi connectivity index (χ3v) is 3.79. The number of hydrogen-bond acceptors (Lipinski definition) is 4. The molecule has 0 fully saturated rings. The van der Waals surface area contributed by atoms with Crippen molar-refractivity contribution in [3.8, 4) is 17.6 Å². The Kier molecular flexibility index (Phi) is 5.61. The zero-order valence-electron chi connectivity index (χ0n) is 13.0.